The van der Waals surface area contributed by atoms with Crippen molar-refractivity contribution in [1.29, 1.82) is 0 Å². The van der Waals surface area contributed by atoms with Gasteiger partial charge in [0.15, 0.2) is 0 Å². The SMILES string of the molecule is O=c1[nH]c(=O)n(Cc2nc3ccccc3s2)cc1Br. The number of H-pyrrole nitrogens is 1. The summed E-state index contributed by atoms with van der Waals surface area (Å²) < 4.78 is 2.82. The molecule has 0 aliphatic heterocycles. The molecular formula is C12H8BrN3O2S. The summed E-state index contributed by atoms with van der Waals surface area (Å²) in [5.74, 6) is 0. The molecule has 19 heavy (non-hydrogen) atoms. The largest absolute Gasteiger partial charge is 0.328 e. The van der Waals surface area contributed by atoms with E-state index in [2.05, 4.69) is 25.9 Å². The van der Waals surface area contributed by atoms with E-state index < -0.39 is 11.2 Å². The number of nitrogens with one attached hydrogen (secondary N) is 1. The number of aromatic nitrogens is 3. The van der Waals surface area contributed by atoms with Crippen molar-refractivity contribution in [2.45, 2.75) is 6.54 Å². The lowest BCUT2D eigenvalue weighted by molar-refractivity contribution is 0.713. The molecule has 1 aromatic carbocycles. The van der Waals surface area contributed by atoms with Crippen molar-refractivity contribution in [3.8, 4) is 0 Å². The highest BCUT2D eigenvalue weighted by atomic mass is 79.9. The molecule has 7 heteroatoms. The molecule has 0 aliphatic carbocycles. The Hall–Kier alpha value is -1.73. The van der Waals surface area contributed by atoms with E-state index in [1.54, 1.807) is 0 Å². The number of rotatable bonds is 2. The predicted octanol–water partition coefficient (Wildman–Crippen LogP) is 1.96. The van der Waals surface area contributed by atoms with Crippen LogP contribution in [0.4, 0.5) is 0 Å². The number of hydrogen-bond acceptors (Lipinski definition) is 4. The molecule has 2 heterocycles. The smallest absolute Gasteiger partial charge is 0.293 e. The lowest BCUT2D eigenvalue weighted by Crippen LogP contribution is -2.30. The average molecular weight is 338 g/mol. The van der Waals surface area contributed by atoms with Crippen molar-refractivity contribution in [2.24, 2.45) is 0 Å². The Bertz CT molecular complexity index is 832. The van der Waals surface area contributed by atoms with Gasteiger partial charge in [0, 0.05) is 6.20 Å². The lowest BCUT2D eigenvalue weighted by Gasteiger charge is -2.01. The van der Waals surface area contributed by atoms with Crippen molar-refractivity contribution in [1.82, 2.24) is 14.5 Å². The zero-order valence-corrected chi connectivity index (χ0v) is 12.0. The molecule has 1 N–H and O–H groups in total. The molecule has 0 aliphatic rings. The van der Waals surface area contributed by atoms with Gasteiger partial charge >= 0.3 is 5.69 Å². The summed E-state index contributed by atoms with van der Waals surface area (Å²) in [6.07, 6.45) is 1.48. The Balaban J connectivity index is 2.03. The molecule has 0 saturated carbocycles. The van der Waals surface area contributed by atoms with Crippen LogP contribution in [0, 0.1) is 0 Å². The first kappa shape index (κ1) is 12.3. The fraction of sp³-hybridized carbons (Fsp3) is 0.0833. The lowest BCUT2D eigenvalue weighted by atomic mass is 10.3. The van der Waals surface area contributed by atoms with Crippen LogP contribution in [0.25, 0.3) is 10.2 Å². The van der Waals surface area contributed by atoms with Crippen LogP contribution >= 0.6 is 27.3 Å². The molecule has 96 valence electrons. The fourth-order valence-electron chi connectivity index (χ4n) is 1.73. The van der Waals surface area contributed by atoms with E-state index in [0.29, 0.717) is 11.0 Å². The number of para-hydroxylation sites is 1. The number of fused-ring (bicyclic) bond motifs is 1. The number of thiazole rings is 1. The van der Waals surface area contributed by atoms with Gasteiger partial charge in [-0.1, -0.05) is 12.1 Å². The van der Waals surface area contributed by atoms with Crippen LogP contribution in [0.5, 0.6) is 0 Å². The molecule has 0 amide bonds. The molecule has 3 aromatic rings. The minimum absolute atomic E-state index is 0.327. The Morgan fingerprint density at radius 2 is 2.11 bits per heavy atom. The van der Waals surface area contributed by atoms with E-state index in [4.69, 9.17) is 0 Å². The van der Waals surface area contributed by atoms with Crippen LogP contribution in [0.15, 0.2) is 44.5 Å². The summed E-state index contributed by atoms with van der Waals surface area (Å²) in [5.41, 5.74) is 0.0528. The molecule has 0 unspecified atom stereocenters. The van der Waals surface area contributed by atoms with E-state index in [0.717, 1.165) is 15.2 Å². The monoisotopic (exact) mass is 337 g/mol. The third kappa shape index (κ3) is 2.39. The molecule has 0 radical (unpaired) electrons. The maximum Gasteiger partial charge on any atom is 0.328 e. The third-order valence-corrected chi connectivity index (χ3v) is 4.20. The Kier molecular flexibility index (Phi) is 3.08. The van der Waals surface area contributed by atoms with E-state index in [-0.39, 0.29) is 0 Å². The number of hydrogen-bond donors (Lipinski definition) is 1. The molecule has 0 spiro atoms. The van der Waals surface area contributed by atoms with Crippen LogP contribution in [0.2, 0.25) is 0 Å². The molecular weight excluding hydrogens is 330 g/mol. The maximum absolute atomic E-state index is 11.7. The zero-order chi connectivity index (χ0) is 13.4. The highest BCUT2D eigenvalue weighted by Crippen LogP contribution is 2.21. The van der Waals surface area contributed by atoms with Crippen molar-refractivity contribution < 1.29 is 0 Å². The predicted molar refractivity (Wildman–Crippen MR) is 77.7 cm³/mol. The second-order valence-electron chi connectivity index (χ2n) is 3.94. The normalized spacial score (nSPS) is 11.0. The highest BCUT2D eigenvalue weighted by Gasteiger charge is 2.07. The summed E-state index contributed by atoms with van der Waals surface area (Å²) in [5, 5.41) is 0.822. The van der Waals surface area contributed by atoms with E-state index in [9.17, 15) is 9.59 Å². The van der Waals surface area contributed by atoms with Gasteiger partial charge < -0.3 is 0 Å². The number of nitrogens with zero attached hydrogens (tertiary/aromatic N) is 2. The van der Waals surface area contributed by atoms with Crippen molar-refractivity contribution >= 4 is 37.5 Å². The second kappa shape index (κ2) is 4.75. The summed E-state index contributed by atoms with van der Waals surface area (Å²) in [4.78, 5) is 29.6. The van der Waals surface area contributed by atoms with Gasteiger partial charge in [-0.25, -0.2) is 9.78 Å². The number of benzene rings is 1. The van der Waals surface area contributed by atoms with Crippen molar-refractivity contribution in [3.05, 3.63) is 60.8 Å². The average Bonchev–Trinajstić information content (AvgIpc) is 2.78. The van der Waals surface area contributed by atoms with E-state index in [1.807, 2.05) is 24.3 Å². The van der Waals surface area contributed by atoms with Gasteiger partial charge in [-0.05, 0) is 28.1 Å². The van der Waals surface area contributed by atoms with Gasteiger partial charge in [0.2, 0.25) is 0 Å². The van der Waals surface area contributed by atoms with Crippen LogP contribution in [0.3, 0.4) is 0 Å². The molecule has 0 bridgehead atoms. The quantitative estimate of drug-likeness (QED) is 0.777. The maximum atomic E-state index is 11.7. The van der Waals surface area contributed by atoms with Gasteiger partial charge in [-0.3, -0.25) is 14.3 Å². The minimum atomic E-state index is -0.438. The molecule has 0 atom stereocenters. The highest BCUT2D eigenvalue weighted by molar-refractivity contribution is 9.10. The minimum Gasteiger partial charge on any atom is -0.293 e. The van der Waals surface area contributed by atoms with Crippen LogP contribution < -0.4 is 11.2 Å². The summed E-state index contributed by atoms with van der Waals surface area (Å²) in [6.45, 7) is 0.341. The van der Waals surface area contributed by atoms with Crippen LogP contribution in [-0.4, -0.2) is 14.5 Å². The Morgan fingerprint density at radius 1 is 1.32 bits per heavy atom. The number of halogens is 1. The van der Waals surface area contributed by atoms with Gasteiger partial charge in [-0.15, -0.1) is 11.3 Å². The molecule has 3 rings (SSSR count). The molecule has 5 nitrogen and oxygen atoms in total. The zero-order valence-electron chi connectivity index (χ0n) is 9.59. The van der Waals surface area contributed by atoms with Gasteiger partial charge in [-0.2, -0.15) is 0 Å². The summed E-state index contributed by atoms with van der Waals surface area (Å²) in [6, 6.07) is 7.80. The summed E-state index contributed by atoms with van der Waals surface area (Å²) >= 11 is 4.64. The Morgan fingerprint density at radius 3 is 2.89 bits per heavy atom. The first-order valence-electron chi connectivity index (χ1n) is 5.47. The third-order valence-electron chi connectivity index (χ3n) is 2.61. The first-order valence-corrected chi connectivity index (χ1v) is 7.08. The van der Waals surface area contributed by atoms with Crippen molar-refractivity contribution in [3.63, 3.8) is 0 Å². The standard InChI is InChI=1S/C12H8BrN3O2S/c13-7-5-16(12(18)15-11(7)17)6-10-14-8-3-1-2-4-9(8)19-10/h1-5H,6H2,(H,15,17,18). The molecule has 0 saturated heterocycles. The molecule has 2 aromatic heterocycles. The van der Waals surface area contributed by atoms with Crippen molar-refractivity contribution in [2.75, 3.05) is 0 Å². The number of aromatic amines is 1. The van der Waals surface area contributed by atoms with Crippen LogP contribution in [0.1, 0.15) is 5.01 Å². The van der Waals surface area contributed by atoms with E-state index >= 15 is 0 Å². The topological polar surface area (TPSA) is 67.8 Å². The summed E-state index contributed by atoms with van der Waals surface area (Å²) in [7, 11) is 0. The Labute approximate surface area is 119 Å². The first-order chi connectivity index (χ1) is 9.13. The second-order valence-corrected chi connectivity index (χ2v) is 5.91. The van der Waals surface area contributed by atoms with Gasteiger partial charge in [0.05, 0.1) is 21.2 Å². The fourth-order valence-corrected chi connectivity index (χ4v) is 3.05. The van der Waals surface area contributed by atoms with Gasteiger partial charge in [0.25, 0.3) is 5.56 Å². The molecule has 0 fully saturated rings. The van der Waals surface area contributed by atoms with Gasteiger partial charge in [0.1, 0.15) is 5.01 Å². The van der Waals surface area contributed by atoms with Crippen LogP contribution in [-0.2, 0) is 6.54 Å². The van der Waals surface area contributed by atoms with E-state index in [1.165, 1.54) is 22.1 Å².